The molecule has 0 aliphatic heterocycles. The number of nitrogens with zero attached hydrogens (tertiary/aromatic N) is 1. The number of hydrogen-bond acceptors (Lipinski definition) is 1. The summed E-state index contributed by atoms with van der Waals surface area (Å²) < 4.78 is 0. The third-order valence-electron chi connectivity index (χ3n) is 10.3. The Kier molecular flexibility index (Phi) is 5.48. The molecular formula is C28H41NO. The van der Waals surface area contributed by atoms with E-state index >= 15 is 0 Å². The maximum absolute atomic E-state index is 12.9. The fourth-order valence-corrected chi connectivity index (χ4v) is 8.71. The number of carbonyl (C=O) groups excluding carboxylic acids is 1. The minimum Gasteiger partial charge on any atom is -0.341 e. The molecule has 0 heterocycles. The second-order valence-electron chi connectivity index (χ2n) is 11.7. The number of hydrogen-bond donors (Lipinski definition) is 0. The zero-order valence-electron chi connectivity index (χ0n) is 19.4. The Morgan fingerprint density at radius 2 is 1.73 bits per heavy atom. The van der Waals surface area contributed by atoms with E-state index in [1.54, 1.807) is 0 Å². The van der Waals surface area contributed by atoms with Gasteiger partial charge in [-0.25, -0.2) is 0 Å². The monoisotopic (exact) mass is 407 g/mol. The number of carbonyl (C=O) groups is 1. The zero-order chi connectivity index (χ0) is 20.9. The predicted octanol–water partition coefficient (Wildman–Crippen LogP) is 6.66. The molecule has 2 heteroatoms. The average Bonchev–Trinajstić information content (AvgIpc) is 3.09. The number of rotatable bonds is 3. The number of benzene rings is 1. The van der Waals surface area contributed by atoms with E-state index in [2.05, 4.69) is 13.8 Å². The van der Waals surface area contributed by atoms with Crippen molar-refractivity contribution in [1.29, 1.82) is 0 Å². The van der Waals surface area contributed by atoms with E-state index < -0.39 is 0 Å². The van der Waals surface area contributed by atoms with Crippen LogP contribution in [0.3, 0.4) is 0 Å². The van der Waals surface area contributed by atoms with Crippen molar-refractivity contribution in [3.05, 3.63) is 35.9 Å². The van der Waals surface area contributed by atoms with Gasteiger partial charge in [0.2, 0.25) is 0 Å². The van der Waals surface area contributed by atoms with E-state index in [0.29, 0.717) is 11.3 Å². The summed E-state index contributed by atoms with van der Waals surface area (Å²) in [5, 5.41) is 0. The first kappa shape index (κ1) is 20.6. The average molecular weight is 408 g/mol. The van der Waals surface area contributed by atoms with Gasteiger partial charge >= 0.3 is 0 Å². The molecule has 4 aliphatic rings. The van der Waals surface area contributed by atoms with Gasteiger partial charge in [0.1, 0.15) is 0 Å². The van der Waals surface area contributed by atoms with Gasteiger partial charge in [-0.2, -0.15) is 0 Å². The zero-order valence-corrected chi connectivity index (χ0v) is 19.4. The van der Waals surface area contributed by atoms with Crippen molar-refractivity contribution >= 4 is 5.91 Å². The molecule has 0 spiro atoms. The van der Waals surface area contributed by atoms with Crippen LogP contribution >= 0.6 is 0 Å². The summed E-state index contributed by atoms with van der Waals surface area (Å²) in [6.45, 7) is 6.01. The fraction of sp³-hybridized carbons (Fsp3) is 0.750. The van der Waals surface area contributed by atoms with Crippen LogP contribution in [0.2, 0.25) is 0 Å². The first-order valence-corrected chi connectivity index (χ1v) is 12.8. The third-order valence-corrected chi connectivity index (χ3v) is 10.3. The molecule has 0 bridgehead atoms. The van der Waals surface area contributed by atoms with Crippen molar-refractivity contribution in [3.63, 3.8) is 0 Å². The molecule has 1 aromatic rings. The lowest BCUT2D eigenvalue weighted by molar-refractivity contribution is -0.0687. The molecule has 0 unspecified atom stereocenters. The molecular weight excluding hydrogens is 366 g/mol. The summed E-state index contributed by atoms with van der Waals surface area (Å²) in [5.74, 6) is 6.78. The highest BCUT2D eigenvalue weighted by atomic mass is 16.2. The molecule has 8 atom stereocenters. The predicted molar refractivity (Wildman–Crippen MR) is 123 cm³/mol. The van der Waals surface area contributed by atoms with Crippen molar-refractivity contribution in [2.75, 3.05) is 13.6 Å². The van der Waals surface area contributed by atoms with Gasteiger partial charge in [0.05, 0.1) is 0 Å². The lowest BCUT2D eigenvalue weighted by atomic mass is 9.49. The van der Waals surface area contributed by atoms with E-state index in [1.807, 2.05) is 42.3 Å². The number of fused-ring (bicyclic) bond motifs is 5. The standard InChI is InChI=1S/C28H41NO/c1-19-9-12-23-21(17-19)10-13-25-24(23)15-16-28(2)22(11-14-26(25)28)18-29(3)27(30)20-7-5-4-6-8-20/h4-8,19,21-26H,9-18H2,1-3H3/t19-,21+,22+,23-,24+,25+,26-,28+/m0/s1. The summed E-state index contributed by atoms with van der Waals surface area (Å²) >= 11 is 0. The third kappa shape index (κ3) is 3.43. The van der Waals surface area contributed by atoms with Gasteiger partial charge in [0, 0.05) is 19.2 Å². The van der Waals surface area contributed by atoms with Gasteiger partial charge in [-0.1, -0.05) is 38.5 Å². The van der Waals surface area contributed by atoms with Crippen LogP contribution in [-0.2, 0) is 0 Å². The Labute approximate surface area is 183 Å². The Morgan fingerprint density at radius 3 is 2.53 bits per heavy atom. The first-order chi connectivity index (χ1) is 14.5. The van der Waals surface area contributed by atoms with Gasteiger partial charge in [-0.05, 0) is 110 Å². The minimum absolute atomic E-state index is 0.188. The summed E-state index contributed by atoms with van der Waals surface area (Å²) in [5.41, 5.74) is 1.27. The molecule has 4 saturated carbocycles. The van der Waals surface area contributed by atoms with Crippen LogP contribution in [0.5, 0.6) is 0 Å². The molecule has 0 saturated heterocycles. The van der Waals surface area contributed by atoms with Crippen molar-refractivity contribution in [3.8, 4) is 0 Å². The highest BCUT2D eigenvalue weighted by Crippen LogP contribution is 2.64. The van der Waals surface area contributed by atoms with Crippen molar-refractivity contribution in [2.24, 2.45) is 46.8 Å². The minimum atomic E-state index is 0.188. The Bertz CT molecular complexity index is 759. The topological polar surface area (TPSA) is 20.3 Å². The van der Waals surface area contributed by atoms with Gasteiger partial charge in [-0.15, -0.1) is 0 Å². The largest absolute Gasteiger partial charge is 0.341 e. The normalized spacial score (nSPS) is 42.7. The Balaban J connectivity index is 1.28. The molecule has 2 nitrogen and oxygen atoms in total. The molecule has 30 heavy (non-hydrogen) atoms. The molecule has 164 valence electrons. The molecule has 4 aliphatic carbocycles. The van der Waals surface area contributed by atoms with Crippen molar-refractivity contribution in [1.82, 2.24) is 4.90 Å². The van der Waals surface area contributed by atoms with Gasteiger partial charge in [-0.3, -0.25) is 4.79 Å². The number of amides is 1. The van der Waals surface area contributed by atoms with Crippen LogP contribution < -0.4 is 0 Å². The summed E-state index contributed by atoms with van der Waals surface area (Å²) in [4.78, 5) is 14.9. The van der Waals surface area contributed by atoms with E-state index in [4.69, 9.17) is 0 Å². The molecule has 0 aromatic heterocycles. The van der Waals surface area contributed by atoms with Gasteiger partial charge < -0.3 is 4.90 Å². The van der Waals surface area contributed by atoms with Crippen LogP contribution in [0, 0.1) is 46.8 Å². The summed E-state index contributed by atoms with van der Waals surface area (Å²) in [6.07, 6.45) is 13.1. The Morgan fingerprint density at radius 1 is 0.967 bits per heavy atom. The lowest BCUT2D eigenvalue weighted by Crippen LogP contribution is -2.49. The highest BCUT2D eigenvalue weighted by molar-refractivity contribution is 5.93. The molecule has 1 aromatic carbocycles. The second kappa shape index (κ2) is 7.99. The highest BCUT2D eigenvalue weighted by Gasteiger charge is 2.56. The van der Waals surface area contributed by atoms with Crippen molar-refractivity contribution in [2.45, 2.75) is 71.6 Å². The maximum Gasteiger partial charge on any atom is 0.253 e. The van der Waals surface area contributed by atoms with Crippen molar-refractivity contribution < 1.29 is 4.79 Å². The van der Waals surface area contributed by atoms with E-state index in [-0.39, 0.29) is 5.91 Å². The quantitative estimate of drug-likeness (QED) is 0.548. The summed E-state index contributed by atoms with van der Waals surface area (Å²) in [7, 11) is 2.02. The van der Waals surface area contributed by atoms with E-state index in [1.165, 1.54) is 57.8 Å². The second-order valence-corrected chi connectivity index (χ2v) is 11.7. The van der Waals surface area contributed by atoms with Gasteiger partial charge in [0.25, 0.3) is 5.91 Å². The van der Waals surface area contributed by atoms with Crippen LogP contribution in [-0.4, -0.2) is 24.4 Å². The lowest BCUT2D eigenvalue weighted by Gasteiger charge is -2.56. The van der Waals surface area contributed by atoms with E-state index in [9.17, 15) is 4.79 Å². The fourth-order valence-electron chi connectivity index (χ4n) is 8.71. The van der Waals surface area contributed by atoms with E-state index in [0.717, 1.165) is 47.6 Å². The molecule has 5 rings (SSSR count). The smallest absolute Gasteiger partial charge is 0.253 e. The Hall–Kier alpha value is -1.31. The first-order valence-electron chi connectivity index (χ1n) is 12.8. The molecule has 0 radical (unpaired) electrons. The maximum atomic E-state index is 12.9. The summed E-state index contributed by atoms with van der Waals surface area (Å²) in [6, 6.07) is 9.83. The van der Waals surface area contributed by atoms with Crippen LogP contribution in [0.15, 0.2) is 30.3 Å². The molecule has 4 fully saturated rings. The molecule has 0 N–H and O–H groups in total. The SMILES string of the molecule is C[C@H]1CC[C@H]2[C@H](CC[C@@H]3[C@@H]2CC[C@]2(C)[C@@H](CN(C)C(=O)c4ccccc4)CC[C@@H]32)C1. The van der Waals surface area contributed by atoms with Crippen LogP contribution in [0.4, 0.5) is 0 Å². The van der Waals surface area contributed by atoms with Gasteiger partial charge in [0.15, 0.2) is 0 Å². The molecule has 1 amide bonds. The van der Waals surface area contributed by atoms with Crippen LogP contribution in [0.25, 0.3) is 0 Å². The van der Waals surface area contributed by atoms with Crippen LogP contribution in [0.1, 0.15) is 82.0 Å².